The number of hydrogen-bond donors (Lipinski definition) is 5. The fourth-order valence-corrected chi connectivity index (χ4v) is 2.11. The minimum Gasteiger partial charge on any atom is -0.394 e. The molecule has 5 atom stereocenters. The highest BCUT2D eigenvalue weighted by atomic mass is 16.7. The van der Waals surface area contributed by atoms with Crippen LogP contribution in [-0.2, 0) is 14.3 Å². The van der Waals surface area contributed by atoms with Crippen molar-refractivity contribution < 1.29 is 39.8 Å². The lowest BCUT2D eigenvalue weighted by Gasteiger charge is -2.44. The molecular weight excluding hydrogens is 284 g/mol. The average molecular weight is 308 g/mol. The number of carbonyl (C=O) groups is 1. The Bertz CT molecular complexity index is 334. The molecule has 0 unspecified atom stereocenters. The van der Waals surface area contributed by atoms with E-state index in [4.69, 9.17) is 14.6 Å². The van der Waals surface area contributed by atoms with Gasteiger partial charge in [0.25, 0.3) is 5.79 Å². The fraction of sp³-hybridized carbons (Fsp3) is 0.923. The molecule has 0 aromatic rings. The summed E-state index contributed by atoms with van der Waals surface area (Å²) < 4.78 is 9.96. The predicted molar refractivity (Wildman–Crippen MR) is 70.3 cm³/mol. The number of ketones is 1. The van der Waals surface area contributed by atoms with Gasteiger partial charge in [-0.1, -0.05) is 19.8 Å². The number of aliphatic hydroxyl groups excluding tert-OH is 4. The molecule has 5 N–H and O–H groups in total. The maximum absolute atomic E-state index is 11.9. The number of Topliss-reactive ketones (excluding diaryl/α,β-unsaturated/α-hetero) is 1. The number of hydrogen-bond acceptors (Lipinski definition) is 8. The van der Waals surface area contributed by atoms with E-state index in [-0.39, 0.29) is 0 Å². The highest BCUT2D eigenvalue weighted by Gasteiger charge is 2.56. The largest absolute Gasteiger partial charge is 0.394 e. The summed E-state index contributed by atoms with van der Waals surface area (Å²) in [5, 5.41) is 48.1. The minimum absolute atomic E-state index is 0.320. The maximum atomic E-state index is 11.9. The lowest BCUT2D eigenvalue weighted by molar-refractivity contribution is -0.331. The highest BCUT2D eigenvalue weighted by Crippen LogP contribution is 2.29. The Kier molecular flexibility index (Phi) is 7.14. The van der Waals surface area contributed by atoms with Crippen molar-refractivity contribution in [2.75, 3.05) is 19.8 Å². The van der Waals surface area contributed by atoms with Gasteiger partial charge >= 0.3 is 0 Å². The van der Waals surface area contributed by atoms with Crippen molar-refractivity contribution in [3.05, 3.63) is 0 Å². The SMILES string of the molecule is CCCCCOCC(=O)[C@@]1(O)O[C@H](CO)[C@@H](O)[C@H](O)[C@@H]1O. The lowest BCUT2D eigenvalue weighted by Crippen LogP contribution is -2.68. The van der Waals surface area contributed by atoms with Crippen LogP contribution in [0.2, 0.25) is 0 Å². The van der Waals surface area contributed by atoms with Crippen molar-refractivity contribution in [3.8, 4) is 0 Å². The van der Waals surface area contributed by atoms with Gasteiger partial charge in [-0.2, -0.15) is 0 Å². The molecule has 0 amide bonds. The van der Waals surface area contributed by atoms with Gasteiger partial charge in [0.15, 0.2) is 0 Å². The lowest BCUT2D eigenvalue weighted by atomic mass is 9.90. The Balaban J connectivity index is 2.62. The first-order valence-electron chi connectivity index (χ1n) is 7.04. The van der Waals surface area contributed by atoms with E-state index in [0.29, 0.717) is 6.61 Å². The van der Waals surface area contributed by atoms with E-state index in [0.717, 1.165) is 19.3 Å². The standard InChI is InChI=1S/C13H24O8/c1-2-3-4-5-20-7-9(15)13(19)12(18)11(17)10(16)8(6-14)21-13/h8,10-12,14,16-19H,2-7H2,1H3/t8-,10-,11+,12+,13-/m1/s1. The third kappa shape index (κ3) is 4.19. The minimum atomic E-state index is -2.71. The van der Waals surface area contributed by atoms with Gasteiger partial charge < -0.3 is 35.0 Å². The van der Waals surface area contributed by atoms with E-state index in [9.17, 15) is 25.2 Å². The predicted octanol–water partition coefficient (Wildman–Crippen LogP) is -2.08. The van der Waals surface area contributed by atoms with Crippen LogP contribution in [0.3, 0.4) is 0 Å². The molecular formula is C13H24O8. The molecule has 0 aliphatic carbocycles. The van der Waals surface area contributed by atoms with Crippen molar-refractivity contribution in [3.63, 3.8) is 0 Å². The molecule has 0 saturated carbocycles. The second-order valence-electron chi connectivity index (χ2n) is 5.14. The summed E-state index contributed by atoms with van der Waals surface area (Å²) in [4.78, 5) is 11.9. The smallest absolute Gasteiger partial charge is 0.259 e. The van der Waals surface area contributed by atoms with Gasteiger partial charge in [0.1, 0.15) is 31.0 Å². The van der Waals surface area contributed by atoms with Crippen LogP contribution >= 0.6 is 0 Å². The summed E-state index contributed by atoms with van der Waals surface area (Å²) in [5.74, 6) is -3.69. The third-order valence-corrected chi connectivity index (χ3v) is 3.49. The molecule has 0 bridgehead atoms. The zero-order valence-electron chi connectivity index (χ0n) is 12.0. The molecule has 0 aromatic carbocycles. The van der Waals surface area contributed by atoms with Crippen LogP contribution in [0.1, 0.15) is 26.2 Å². The summed E-state index contributed by atoms with van der Waals surface area (Å²) >= 11 is 0. The van der Waals surface area contributed by atoms with Crippen LogP contribution in [0.15, 0.2) is 0 Å². The Morgan fingerprint density at radius 1 is 1.24 bits per heavy atom. The van der Waals surface area contributed by atoms with Crippen molar-refractivity contribution in [2.45, 2.75) is 56.4 Å². The van der Waals surface area contributed by atoms with Gasteiger partial charge in [-0.05, 0) is 6.42 Å². The van der Waals surface area contributed by atoms with Gasteiger partial charge in [0, 0.05) is 6.61 Å². The first-order chi connectivity index (χ1) is 9.88. The highest BCUT2D eigenvalue weighted by molar-refractivity contribution is 5.87. The molecule has 0 aromatic heterocycles. The zero-order chi connectivity index (χ0) is 16.0. The van der Waals surface area contributed by atoms with Gasteiger partial charge in [-0.15, -0.1) is 0 Å². The zero-order valence-corrected chi connectivity index (χ0v) is 12.0. The van der Waals surface area contributed by atoms with E-state index in [1.807, 2.05) is 6.92 Å². The molecule has 1 fully saturated rings. The summed E-state index contributed by atoms with van der Waals surface area (Å²) in [6, 6.07) is 0. The first kappa shape index (κ1) is 18.4. The van der Waals surface area contributed by atoms with Crippen LogP contribution in [0.5, 0.6) is 0 Å². The van der Waals surface area contributed by atoms with Crippen LogP contribution in [-0.4, -0.2) is 81.3 Å². The summed E-state index contributed by atoms with van der Waals surface area (Å²) in [5.41, 5.74) is 0. The van der Waals surface area contributed by atoms with Gasteiger partial charge in [-0.25, -0.2) is 0 Å². The normalized spacial score (nSPS) is 36.7. The molecule has 1 saturated heterocycles. The topological polar surface area (TPSA) is 137 Å². The Labute approximate surface area is 122 Å². The van der Waals surface area contributed by atoms with E-state index in [2.05, 4.69) is 0 Å². The number of unbranched alkanes of at least 4 members (excludes halogenated alkanes) is 2. The van der Waals surface area contributed by atoms with E-state index in [1.54, 1.807) is 0 Å². The molecule has 1 rings (SSSR count). The van der Waals surface area contributed by atoms with E-state index >= 15 is 0 Å². The molecule has 1 aliphatic heterocycles. The quantitative estimate of drug-likeness (QED) is 0.322. The monoisotopic (exact) mass is 308 g/mol. The summed E-state index contributed by atoms with van der Waals surface area (Å²) in [7, 11) is 0. The fourth-order valence-electron chi connectivity index (χ4n) is 2.11. The van der Waals surface area contributed by atoms with Crippen LogP contribution in [0, 0.1) is 0 Å². The Morgan fingerprint density at radius 2 is 1.90 bits per heavy atom. The molecule has 0 spiro atoms. The van der Waals surface area contributed by atoms with Crippen molar-refractivity contribution in [2.24, 2.45) is 0 Å². The molecule has 21 heavy (non-hydrogen) atoms. The first-order valence-corrected chi connectivity index (χ1v) is 7.04. The van der Waals surface area contributed by atoms with Crippen LogP contribution in [0.4, 0.5) is 0 Å². The molecule has 8 nitrogen and oxygen atoms in total. The Hall–Kier alpha value is -0.610. The Morgan fingerprint density at radius 3 is 2.48 bits per heavy atom. The third-order valence-electron chi connectivity index (χ3n) is 3.49. The van der Waals surface area contributed by atoms with Crippen molar-refractivity contribution in [1.82, 2.24) is 0 Å². The van der Waals surface area contributed by atoms with E-state index < -0.39 is 49.2 Å². The second-order valence-corrected chi connectivity index (χ2v) is 5.14. The summed E-state index contributed by atoms with van der Waals surface area (Å²) in [6.07, 6.45) is -4.14. The molecule has 1 aliphatic rings. The van der Waals surface area contributed by atoms with Gasteiger partial charge in [0.05, 0.1) is 6.61 Å². The molecule has 1 heterocycles. The maximum Gasteiger partial charge on any atom is 0.259 e. The number of carbonyl (C=O) groups excluding carboxylic acids is 1. The van der Waals surface area contributed by atoms with Crippen molar-refractivity contribution in [1.29, 1.82) is 0 Å². The van der Waals surface area contributed by atoms with Crippen molar-refractivity contribution >= 4 is 5.78 Å². The van der Waals surface area contributed by atoms with E-state index in [1.165, 1.54) is 0 Å². The number of ether oxygens (including phenoxy) is 2. The number of aliphatic hydroxyl groups is 5. The molecule has 0 radical (unpaired) electrons. The average Bonchev–Trinajstić information content (AvgIpc) is 2.48. The molecule has 8 heteroatoms. The van der Waals surface area contributed by atoms with Gasteiger partial charge in [-0.3, -0.25) is 4.79 Å². The number of rotatable bonds is 8. The second kappa shape index (κ2) is 8.14. The molecule has 124 valence electrons. The summed E-state index contributed by atoms with van der Waals surface area (Å²) in [6.45, 7) is 1.11. The van der Waals surface area contributed by atoms with Crippen LogP contribution < -0.4 is 0 Å². The van der Waals surface area contributed by atoms with Crippen LogP contribution in [0.25, 0.3) is 0 Å². The van der Waals surface area contributed by atoms with Gasteiger partial charge in [0.2, 0.25) is 5.78 Å².